The molecular formula is C9H9O3. The van der Waals surface area contributed by atoms with E-state index in [1.165, 1.54) is 7.11 Å². The van der Waals surface area contributed by atoms with Gasteiger partial charge in [0, 0.05) is 0 Å². The lowest BCUT2D eigenvalue weighted by Crippen LogP contribution is -2.05. The van der Waals surface area contributed by atoms with E-state index in [1.54, 1.807) is 12.1 Å². The van der Waals surface area contributed by atoms with Crippen molar-refractivity contribution in [2.24, 2.45) is 0 Å². The van der Waals surface area contributed by atoms with E-state index < -0.39 is 5.97 Å². The third-order valence-corrected chi connectivity index (χ3v) is 1.24. The molecule has 0 spiro atoms. The van der Waals surface area contributed by atoms with Crippen LogP contribution >= 0.6 is 0 Å². The third kappa shape index (κ3) is 2.62. The maximum atomic E-state index is 10.6. The first-order chi connectivity index (χ1) is 5.83. The minimum absolute atomic E-state index is 0.501. The number of hydrogen-bond donors (Lipinski definition) is 0. The van der Waals surface area contributed by atoms with Crippen LogP contribution in [-0.2, 0) is 9.53 Å². The summed E-state index contributed by atoms with van der Waals surface area (Å²) in [4.78, 5) is 10.6. The number of para-hydroxylation sites is 1. The Morgan fingerprint density at radius 3 is 2.58 bits per heavy atom. The Balaban J connectivity index is 2.38. The van der Waals surface area contributed by atoms with Crippen molar-refractivity contribution in [3.05, 3.63) is 36.9 Å². The van der Waals surface area contributed by atoms with E-state index in [1.807, 2.05) is 18.2 Å². The molecule has 0 fully saturated rings. The molecule has 12 heavy (non-hydrogen) atoms. The topological polar surface area (TPSA) is 35.5 Å². The van der Waals surface area contributed by atoms with Crippen LogP contribution in [0.1, 0.15) is 0 Å². The molecule has 0 unspecified atom stereocenters. The molecule has 63 valence electrons. The highest BCUT2D eigenvalue weighted by molar-refractivity contribution is 5.77. The summed E-state index contributed by atoms with van der Waals surface area (Å²) in [6.45, 7) is 1.02. The Morgan fingerprint density at radius 2 is 2.00 bits per heavy atom. The highest BCUT2D eigenvalue weighted by Crippen LogP contribution is 2.09. The molecular weight excluding hydrogens is 156 g/mol. The van der Waals surface area contributed by atoms with Gasteiger partial charge in [-0.1, -0.05) is 18.2 Å². The molecule has 1 aromatic rings. The number of carbonyl (C=O) groups excluding carboxylic acids is 1. The van der Waals surface area contributed by atoms with Gasteiger partial charge in [0.2, 0.25) is 6.61 Å². The molecule has 0 bridgehead atoms. The number of rotatable bonds is 3. The molecule has 3 heteroatoms. The quantitative estimate of drug-likeness (QED) is 0.635. The lowest BCUT2D eigenvalue weighted by atomic mass is 10.3. The lowest BCUT2D eigenvalue weighted by molar-refractivity contribution is -0.139. The summed E-state index contributed by atoms with van der Waals surface area (Å²) >= 11 is 0. The summed E-state index contributed by atoms with van der Waals surface area (Å²) < 4.78 is 9.31. The summed E-state index contributed by atoms with van der Waals surface area (Å²) in [5, 5.41) is 0. The van der Waals surface area contributed by atoms with Gasteiger partial charge in [-0.2, -0.15) is 0 Å². The number of esters is 1. The molecule has 0 aliphatic rings. The number of carbonyl (C=O) groups is 1. The van der Waals surface area contributed by atoms with E-state index in [4.69, 9.17) is 4.74 Å². The highest BCUT2D eigenvalue weighted by atomic mass is 16.6. The van der Waals surface area contributed by atoms with E-state index in [2.05, 4.69) is 4.74 Å². The fourth-order valence-corrected chi connectivity index (χ4v) is 0.663. The monoisotopic (exact) mass is 165 g/mol. The SMILES string of the molecule is COC(=O)[CH]Oc1ccccc1. The van der Waals surface area contributed by atoms with Crippen molar-refractivity contribution in [1.29, 1.82) is 0 Å². The Hall–Kier alpha value is -1.51. The average Bonchev–Trinajstić information content (AvgIpc) is 2.16. The van der Waals surface area contributed by atoms with Gasteiger partial charge in [-0.25, -0.2) is 4.79 Å². The fraction of sp³-hybridized carbons (Fsp3) is 0.111. The first-order valence-corrected chi connectivity index (χ1v) is 3.46. The number of benzene rings is 1. The Morgan fingerprint density at radius 1 is 1.33 bits per heavy atom. The van der Waals surface area contributed by atoms with Crippen LogP contribution in [-0.4, -0.2) is 13.1 Å². The smallest absolute Gasteiger partial charge is 0.351 e. The van der Waals surface area contributed by atoms with Crippen molar-refractivity contribution < 1.29 is 14.3 Å². The van der Waals surface area contributed by atoms with Crippen molar-refractivity contribution in [2.45, 2.75) is 0 Å². The molecule has 1 rings (SSSR count). The van der Waals surface area contributed by atoms with Crippen LogP contribution in [0.5, 0.6) is 5.75 Å². The van der Waals surface area contributed by atoms with Crippen molar-refractivity contribution in [1.82, 2.24) is 0 Å². The number of methoxy groups -OCH3 is 1. The van der Waals surface area contributed by atoms with Gasteiger partial charge in [0.05, 0.1) is 7.11 Å². The second-order valence-corrected chi connectivity index (χ2v) is 2.07. The third-order valence-electron chi connectivity index (χ3n) is 1.24. The van der Waals surface area contributed by atoms with Gasteiger partial charge >= 0.3 is 5.97 Å². The molecule has 0 saturated carbocycles. The number of ether oxygens (including phenoxy) is 2. The normalized spacial score (nSPS) is 9.08. The van der Waals surface area contributed by atoms with Crippen LogP contribution in [0.25, 0.3) is 0 Å². The summed E-state index contributed by atoms with van der Waals surface area (Å²) in [5.41, 5.74) is 0. The maximum absolute atomic E-state index is 10.6. The molecule has 0 aliphatic heterocycles. The second-order valence-electron chi connectivity index (χ2n) is 2.07. The highest BCUT2D eigenvalue weighted by Gasteiger charge is 2.01. The van der Waals surface area contributed by atoms with E-state index >= 15 is 0 Å². The van der Waals surface area contributed by atoms with E-state index in [0.29, 0.717) is 5.75 Å². The van der Waals surface area contributed by atoms with Gasteiger partial charge in [0.1, 0.15) is 5.75 Å². The molecule has 0 saturated heterocycles. The maximum Gasteiger partial charge on any atom is 0.351 e. The fourth-order valence-electron chi connectivity index (χ4n) is 0.663. The van der Waals surface area contributed by atoms with Gasteiger partial charge in [0.25, 0.3) is 0 Å². The molecule has 0 aromatic heterocycles. The molecule has 0 aliphatic carbocycles. The standard InChI is InChI=1S/C9H9O3/c1-11-9(10)7-12-8-5-3-2-4-6-8/h2-7H,1H3. The van der Waals surface area contributed by atoms with E-state index in [-0.39, 0.29) is 0 Å². The average molecular weight is 165 g/mol. The minimum atomic E-state index is -0.501. The van der Waals surface area contributed by atoms with Crippen molar-refractivity contribution >= 4 is 5.97 Å². The second kappa shape index (κ2) is 4.38. The zero-order valence-corrected chi connectivity index (χ0v) is 6.69. The van der Waals surface area contributed by atoms with Gasteiger partial charge in [-0.05, 0) is 12.1 Å². The van der Waals surface area contributed by atoms with Crippen LogP contribution in [0, 0.1) is 6.61 Å². The first-order valence-electron chi connectivity index (χ1n) is 3.46. The Labute approximate surface area is 70.9 Å². The zero-order chi connectivity index (χ0) is 8.81. The van der Waals surface area contributed by atoms with Gasteiger partial charge in [-0.3, -0.25) is 0 Å². The summed E-state index contributed by atoms with van der Waals surface area (Å²) in [7, 11) is 1.30. The van der Waals surface area contributed by atoms with E-state index in [9.17, 15) is 4.79 Å². The molecule has 1 radical (unpaired) electrons. The van der Waals surface area contributed by atoms with Crippen LogP contribution < -0.4 is 4.74 Å². The van der Waals surface area contributed by atoms with Crippen LogP contribution in [0.15, 0.2) is 30.3 Å². The zero-order valence-electron chi connectivity index (χ0n) is 6.69. The summed E-state index contributed by atoms with van der Waals surface area (Å²) in [5.74, 6) is 0.113. The Bertz CT molecular complexity index is 243. The van der Waals surface area contributed by atoms with Crippen LogP contribution in [0.4, 0.5) is 0 Å². The van der Waals surface area contributed by atoms with Crippen LogP contribution in [0.3, 0.4) is 0 Å². The molecule has 1 aromatic carbocycles. The predicted octanol–water partition coefficient (Wildman–Crippen LogP) is 1.40. The lowest BCUT2D eigenvalue weighted by Gasteiger charge is -2.01. The minimum Gasteiger partial charge on any atom is -0.474 e. The van der Waals surface area contributed by atoms with Crippen molar-refractivity contribution in [3.8, 4) is 5.75 Å². The molecule has 3 nitrogen and oxygen atoms in total. The summed E-state index contributed by atoms with van der Waals surface area (Å²) in [6.07, 6.45) is 0. The van der Waals surface area contributed by atoms with Crippen molar-refractivity contribution in [3.63, 3.8) is 0 Å². The predicted molar refractivity (Wildman–Crippen MR) is 43.4 cm³/mol. The molecule has 0 heterocycles. The van der Waals surface area contributed by atoms with Crippen LogP contribution in [0.2, 0.25) is 0 Å². The molecule has 0 amide bonds. The van der Waals surface area contributed by atoms with Gasteiger partial charge in [-0.15, -0.1) is 0 Å². The van der Waals surface area contributed by atoms with Crippen molar-refractivity contribution in [2.75, 3.05) is 7.11 Å². The largest absolute Gasteiger partial charge is 0.474 e. The van der Waals surface area contributed by atoms with Gasteiger partial charge in [0.15, 0.2) is 0 Å². The van der Waals surface area contributed by atoms with E-state index in [0.717, 1.165) is 6.61 Å². The number of hydrogen-bond acceptors (Lipinski definition) is 3. The Kier molecular flexibility index (Phi) is 3.14. The molecule has 0 N–H and O–H groups in total. The summed E-state index contributed by atoms with van der Waals surface area (Å²) in [6, 6.07) is 9.00. The molecule has 0 atom stereocenters. The first kappa shape index (κ1) is 8.59. The van der Waals surface area contributed by atoms with Gasteiger partial charge < -0.3 is 9.47 Å².